The quantitative estimate of drug-likeness (QED) is 0.0225. The summed E-state index contributed by atoms with van der Waals surface area (Å²) in [6.07, 6.45) is -6.27. The second-order valence-corrected chi connectivity index (χ2v) is 38.2. The van der Waals surface area contributed by atoms with E-state index in [0.717, 1.165) is 96.7 Å². The van der Waals surface area contributed by atoms with Gasteiger partial charge in [-0.25, -0.2) is 28.4 Å². The van der Waals surface area contributed by atoms with Gasteiger partial charge in [-0.05, 0) is 266 Å². The lowest BCUT2D eigenvalue weighted by atomic mass is 9.98. The number of aromatic nitrogens is 12. The molecule has 1 aliphatic heterocycles. The third kappa shape index (κ3) is 23.5. The molecule has 4 saturated carbocycles. The number of rotatable bonds is 28. The maximum Gasteiger partial charge on any atom is 0.418 e. The highest BCUT2D eigenvalue weighted by Gasteiger charge is 2.41. The van der Waals surface area contributed by atoms with Crippen LogP contribution in [0.1, 0.15) is 195 Å². The third-order valence-electron chi connectivity index (χ3n) is 21.1. The van der Waals surface area contributed by atoms with Gasteiger partial charge in [0.1, 0.15) is 32.6 Å². The number of halogens is 12. The topological polar surface area (TPSA) is 285 Å². The van der Waals surface area contributed by atoms with Crippen molar-refractivity contribution in [1.82, 2.24) is 60.7 Å². The molecule has 8 aromatic heterocycles. The lowest BCUT2D eigenvalue weighted by Crippen LogP contribution is -2.22. The number of unbranched alkanes of at least 4 members (excludes halogenated alkanes) is 1. The molecule has 0 amide bonds. The van der Waals surface area contributed by atoms with Gasteiger partial charge in [-0.3, -0.25) is 0 Å². The SMILES string of the molecule is CCOCCCNc1nnc(-c2cc(C)c3cc(C4CC4)cc(C(F)(F)F)c3n2)s1.Cc1cc(-c2nnc(NCCC(C)(C)O)s2)nc2c(C(F)(F)F)cc(C3CC3)cc12.Cc1cc(-c2nnc(NCCC3OCCO3)s2)nc2c(C(F)(F)F)cc(C3CC3)cc12.Cc1cc(-c2nnc(NCCCCS(C)(=O)=O)s2)nc2c(C(F)(F)F)cc(C3CC3)cc12. The molecule has 17 rings (SSSR count). The summed E-state index contributed by atoms with van der Waals surface area (Å²) in [6, 6.07) is 19.5. The minimum atomic E-state index is -4.50. The summed E-state index contributed by atoms with van der Waals surface area (Å²) < 4.78 is 204. The molecule has 0 bridgehead atoms. The first-order valence-electron chi connectivity index (χ1n) is 40.4. The summed E-state index contributed by atoms with van der Waals surface area (Å²) >= 11 is 4.97. The first-order chi connectivity index (χ1) is 58.3. The Kier molecular flexibility index (Phi) is 27.3. The monoisotopic (exact) mass is 1810 g/mol. The van der Waals surface area contributed by atoms with E-state index >= 15 is 0 Å². The summed E-state index contributed by atoms with van der Waals surface area (Å²) in [7, 11) is -2.98. The number of ether oxygens (including phenoxy) is 3. The number of sulfone groups is 1. The van der Waals surface area contributed by atoms with Crippen LogP contribution in [0.15, 0.2) is 72.8 Å². The Morgan fingerprint density at radius 2 is 0.715 bits per heavy atom. The van der Waals surface area contributed by atoms with Crippen molar-refractivity contribution >= 4 is 119 Å². The van der Waals surface area contributed by atoms with E-state index in [1.807, 2.05) is 45.0 Å². The van der Waals surface area contributed by atoms with Crippen LogP contribution < -0.4 is 21.3 Å². The summed E-state index contributed by atoms with van der Waals surface area (Å²) in [4.78, 5) is 17.4. The van der Waals surface area contributed by atoms with E-state index < -0.39 is 62.4 Å². The zero-order chi connectivity index (χ0) is 87.7. The number of benzene rings is 4. The van der Waals surface area contributed by atoms with E-state index in [9.17, 15) is 66.2 Å². The van der Waals surface area contributed by atoms with Crippen molar-refractivity contribution < 1.29 is 80.4 Å². The Balaban J connectivity index is 0.000000134. The van der Waals surface area contributed by atoms with Gasteiger partial charge in [0, 0.05) is 79.4 Å². The van der Waals surface area contributed by atoms with Crippen LogP contribution in [0.4, 0.5) is 73.2 Å². The molecular formula is C84H90F12N16O6S5. The molecule has 0 spiro atoms. The average Bonchev–Trinajstić information content (AvgIpc) is 1.70. The van der Waals surface area contributed by atoms with Crippen molar-refractivity contribution in [2.75, 3.05) is 85.9 Å². The highest BCUT2D eigenvalue weighted by atomic mass is 32.2. The molecule has 12 aromatic rings. The van der Waals surface area contributed by atoms with Gasteiger partial charge in [0.05, 0.1) is 63.1 Å². The lowest BCUT2D eigenvalue weighted by Gasteiger charge is -2.16. The number of alkyl halides is 12. The van der Waals surface area contributed by atoms with Crippen LogP contribution in [0, 0.1) is 27.7 Å². The van der Waals surface area contributed by atoms with Crippen LogP contribution in [0.5, 0.6) is 0 Å². The van der Waals surface area contributed by atoms with Crippen molar-refractivity contribution in [2.24, 2.45) is 0 Å². The van der Waals surface area contributed by atoms with E-state index in [1.165, 1.54) is 75.9 Å². The molecule has 1 saturated heterocycles. The number of nitrogens with zero attached hydrogens (tertiary/aromatic N) is 12. The molecule has 5 aliphatic rings. The van der Waals surface area contributed by atoms with Crippen molar-refractivity contribution in [3.8, 4) is 42.8 Å². The molecule has 22 nitrogen and oxygen atoms in total. The van der Waals surface area contributed by atoms with E-state index in [4.69, 9.17) is 14.2 Å². The van der Waals surface area contributed by atoms with Crippen molar-refractivity contribution in [3.63, 3.8) is 0 Å². The lowest BCUT2D eigenvalue weighted by molar-refractivity contribution is -0.137. The van der Waals surface area contributed by atoms with Gasteiger partial charge in [0.2, 0.25) is 20.5 Å². The largest absolute Gasteiger partial charge is 0.418 e. The summed E-state index contributed by atoms with van der Waals surface area (Å²) in [6.45, 7) is 17.4. The van der Waals surface area contributed by atoms with Gasteiger partial charge in [-0.2, -0.15) is 52.7 Å². The Labute approximate surface area is 716 Å². The number of aliphatic hydroxyl groups is 1. The highest BCUT2D eigenvalue weighted by molar-refractivity contribution is 7.90. The molecule has 0 atom stereocenters. The van der Waals surface area contributed by atoms with Crippen molar-refractivity contribution in [1.29, 1.82) is 0 Å². The van der Waals surface area contributed by atoms with Crippen LogP contribution in [-0.2, 0) is 48.8 Å². The highest BCUT2D eigenvalue weighted by Crippen LogP contribution is 2.51. The zero-order valence-corrected chi connectivity index (χ0v) is 72.4. The van der Waals surface area contributed by atoms with E-state index in [2.05, 4.69) is 82.0 Å². The summed E-state index contributed by atoms with van der Waals surface area (Å²) in [5, 5.41) is 61.2. The summed E-state index contributed by atoms with van der Waals surface area (Å²) in [5.74, 6) is 1.000. The van der Waals surface area contributed by atoms with Crippen molar-refractivity contribution in [3.05, 3.63) is 140 Å². The molecule has 0 radical (unpaired) electrons. The summed E-state index contributed by atoms with van der Waals surface area (Å²) in [5.41, 5.74) is 3.68. The van der Waals surface area contributed by atoms with Gasteiger partial charge in [0.25, 0.3) is 0 Å². The molecule has 4 aromatic carbocycles. The molecule has 5 N–H and O–H groups in total. The minimum absolute atomic E-state index is 0.0247. The van der Waals surface area contributed by atoms with Crippen LogP contribution >= 0.6 is 45.3 Å². The predicted octanol–water partition coefficient (Wildman–Crippen LogP) is 21.7. The number of hydrogen-bond donors (Lipinski definition) is 5. The van der Waals surface area contributed by atoms with Crippen LogP contribution in [0.2, 0.25) is 0 Å². The standard InChI is InChI=1S/C21H23F3N4O2S2.C21H21F3N4O2S.2C21H23F3N4OS/c1-12-9-17(19-27-28-20(31-19)25-7-3-4-8-32(2,29)30)26-18-15(12)10-14(13-5-6-13)11-16(18)21(22,23)24;1-11-8-16(19-27-28-20(31-19)25-5-4-17-29-6-7-30-17)26-18-14(11)9-13(12-2-3-12)10-15(18)21(22,23)24;1-11-8-16(18-27-28-19(30-18)25-7-6-20(2,3)29)26-17-14(11)9-13(12-4-5-12)10-15(17)21(22,23)24;1-3-29-8-4-7-25-20-28-27-19(30-20)17-9-12(2)15-10-14(13-5-6-13)11-16(18(15)26-17)21(22,23)24/h9-11,13H,3-8H2,1-2H3,(H,25,28);8-10,12,17H,2-7H2,1H3,(H,25,28);8-10,12,29H,4-7H2,1-3H3,(H,25,28);9-11,13H,3-8H2,1-2H3,(H,25,28). The first-order valence-corrected chi connectivity index (χ1v) is 45.7. The fourth-order valence-corrected chi connectivity index (χ4v) is 17.8. The van der Waals surface area contributed by atoms with E-state index in [0.29, 0.717) is 169 Å². The molecule has 656 valence electrons. The van der Waals surface area contributed by atoms with Crippen LogP contribution in [0.3, 0.4) is 0 Å². The van der Waals surface area contributed by atoms with E-state index in [1.54, 1.807) is 52.0 Å². The van der Waals surface area contributed by atoms with Gasteiger partial charge in [-0.15, -0.1) is 40.8 Å². The molecule has 5 fully saturated rings. The maximum absolute atomic E-state index is 13.8. The van der Waals surface area contributed by atoms with Crippen LogP contribution in [0.25, 0.3) is 86.4 Å². The Hall–Kier alpha value is -9.09. The number of nitrogens with one attached hydrogen (secondary N) is 4. The Morgan fingerprint density at radius 3 is 0.992 bits per heavy atom. The predicted molar refractivity (Wildman–Crippen MR) is 455 cm³/mol. The van der Waals surface area contributed by atoms with Crippen molar-refractivity contribution in [2.45, 2.75) is 192 Å². The number of anilines is 4. The second kappa shape index (κ2) is 37.2. The molecule has 0 unspecified atom stereocenters. The molecule has 39 heteroatoms. The molecule has 4 aliphatic carbocycles. The zero-order valence-electron chi connectivity index (χ0n) is 68.3. The molecule has 9 heterocycles. The number of hydrogen-bond acceptors (Lipinski definition) is 26. The van der Waals surface area contributed by atoms with Gasteiger partial charge in [0.15, 0.2) is 26.3 Å². The van der Waals surface area contributed by atoms with Gasteiger partial charge >= 0.3 is 24.7 Å². The minimum Gasteiger partial charge on any atom is -0.390 e. The second-order valence-electron chi connectivity index (χ2n) is 32.0. The van der Waals surface area contributed by atoms with Gasteiger partial charge < -0.3 is 40.6 Å². The number of pyridine rings is 4. The maximum atomic E-state index is 13.8. The normalized spacial score (nSPS) is 15.5. The Bertz CT molecular complexity index is 5910. The average molecular weight is 1810 g/mol. The fraction of sp³-hybridized carbons (Fsp3) is 0.476. The van der Waals surface area contributed by atoms with E-state index in [-0.39, 0.29) is 57.8 Å². The number of aryl methyl sites for hydroxylation is 4. The third-order valence-corrected chi connectivity index (χ3v) is 25.7. The molecular weight excluding hydrogens is 1720 g/mol. The Morgan fingerprint density at radius 1 is 0.423 bits per heavy atom. The smallest absolute Gasteiger partial charge is 0.390 e. The first kappa shape index (κ1) is 90.2. The number of fused-ring (bicyclic) bond motifs is 4. The molecule has 123 heavy (non-hydrogen) atoms. The fourth-order valence-electron chi connectivity index (χ4n) is 14.1. The van der Waals surface area contributed by atoms with Crippen LogP contribution in [-0.4, -0.2) is 151 Å². The van der Waals surface area contributed by atoms with Gasteiger partial charge in [-0.1, -0.05) is 45.3 Å².